The van der Waals surface area contributed by atoms with E-state index in [-0.39, 0.29) is 24.5 Å². The lowest BCUT2D eigenvalue weighted by molar-refractivity contribution is -0.112. The minimum Gasteiger partial charge on any atom is -0.438 e. The van der Waals surface area contributed by atoms with Gasteiger partial charge in [-0.05, 0) is 173 Å². The second-order valence-corrected chi connectivity index (χ2v) is 34.8. The van der Waals surface area contributed by atoms with Gasteiger partial charge in [0.1, 0.15) is 36.4 Å². The highest BCUT2D eigenvalue weighted by atomic mass is 28.3. The molecule has 0 unspecified atom stereocenters. The molecule has 31 heteroatoms. The van der Waals surface area contributed by atoms with Crippen LogP contribution in [0, 0.1) is 0 Å². The molecule has 3 fully saturated rings. The Morgan fingerprint density at radius 2 is 0.795 bits per heavy atom. The summed E-state index contributed by atoms with van der Waals surface area (Å²) in [6.45, 7) is 30.7. The van der Waals surface area contributed by atoms with E-state index < -0.39 is 8.07 Å². The molecular formula is C86H101N21O9Si. The van der Waals surface area contributed by atoms with Crippen LogP contribution < -0.4 is 60.8 Å². The molecule has 15 rings (SSSR count). The topological polar surface area (TPSA) is 323 Å². The molecule has 608 valence electrons. The van der Waals surface area contributed by atoms with Crippen LogP contribution in [-0.4, -0.2) is 208 Å². The first-order valence-corrected chi connectivity index (χ1v) is 42.2. The van der Waals surface area contributed by atoms with Crippen LogP contribution in [0.3, 0.4) is 0 Å². The fraction of sp³-hybridized carbons (Fsp3) is 0.267. The zero-order valence-corrected chi connectivity index (χ0v) is 68.0. The molecular weight excluding hydrogens is 1500 g/mol. The average molecular weight is 1600 g/mol. The third kappa shape index (κ3) is 23.2. The SMILES string of the molecule is C=CC(=O)Nc1cccc(Oc2nc(Nc3ccc(N4CCN(C)CC4)cc3)nc3[nH]ccc23)c1.C=CC(=O)Nc1cccc(Oc2nc(Nc3ccc(N4CCN(C)CC4)cc3)nc3c2ccn3CO)c1.C=CC(=O)Nc1cccc(Oc2nc(Nc3ccc(N4CCN(C)CC4)cc3)nc3c2ccn3COCC[Si](C)(C)C)c1.CO. The van der Waals surface area contributed by atoms with Gasteiger partial charge in [-0.2, -0.15) is 29.9 Å². The fourth-order valence-corrected chi connectivity index (χ4v) is 13.6. The van der Waals surface area contributed by atoms with Gasteiger partial charge in [-0.25, -0.2) is 0 Å². The molecule has 3 amide bonds. The number of hydrogen-bond acceptors (Lipinski definition) is 24. The van der Waals surface area contributed by atoms with Crippen LogP contribution in [0.4, 0.5) is 69.0 Å². The second kappa shape index (κ2) is 39.8. The number of likely N-dealkylation sites (N-methyl/N-ethyl adjacent to an activating group) is 3. The van der Waals surface area contributed by atoms with E-state index in [0.29, 0.717) is 105 Å². The summed E-state index contributed by atoms with van der Waals surface area (Å²) in [6.07, 6.45) is 9.11. The van der Waals surface area contributed by atoms with E-state index in [1.807, 2.05) is 71.4 Å². The van der Waals surface area contributed by atoms with Crippen molar-refractivity contribution in [3.8, 4) is 34.9 Å². The number of fused-ring (bicyclic) bond motifs is 3. The Morgan fingerprint density at radius 1 is 0.444 bits per heavy atom. The monoisotopic (exact) mass is 1600 g/mol. The summed E-state index contributed by atoms with van der Waals surface area (Å²) in [7, 11) is 6.26. The van der Waals surface area contributed by atoms with Crippen LogP contribution in [-0.2, 0) is 32.6 Å². The maximum absolute atomic E-state index is 11.8. The Morgan fingerprint density at radius 3 is 1.15 bits per heavy atom. The molecule has 12 aromatic rings. The molecule has 0 spiro atoms. The highest BCUT2D eigenvalue weighted by Crippen LogP contribution is 2.36. The van der Waals surface area contributed by atoms with Crippen molar-refractivity contribution in [3.05, 3.63) is 220 Å². The number of nitrogens with zero attached hydrogens (tertiary/aromatic N) is 14. The Kier molecular flexibility index (Phi) is 28.4. The molecule has 30 nitrogen and oxygen atoms in total. The number of nitrogens with one attached hydrogen (secondary N) is 7. The number of hydrogen-bond donors (Lipinski definition) is 9. The summed E-state index contributed by atoms with van der Waals surface area (Å²) in [5, 5.41) is 37.0. The van der Waals surface area contributed by atoms with Crippen LogP contribution in [0.15, 0.2) is 220 Å². The van der Waals surface area contributed by atoms with Gasteiger partial charge in [0, 0.05) is 188 Å². The zero-order valence-electron chi connectivity index (χ0n) is 67.0. The molecule has 6 aromatic carbocycles. The lowest BCUT2D eigenvalue weighted by atomic mass is 10.2. The number of H-pyrrole nitrogens is 1. The molecule has 0 aliphatic carbocycles. The Balaban J connectivity index is 0.000000161. The number of aliphatic hydroxyl groups excluding tert-OH is 2. The maximum Gasteiger partial charge on any atom is 0.247 e. The van der Waals surface area contributed by atoms with Gasteiger partial charge in [0.05, 0.1) is 16.2 Å². The maximum atomic E-state index is 11.8. The van der Waals surface area contributed by atoms with E-state index in [9.17, 15) is 19.5 Å². The predicted molar refractivity (Wildman–Crippen MR) is 468 cm³/mol. The van der Waals surface area contributed by atoms with Gasteiger partial charge in [0.2, 0.25) is 53.2 Å². The molecule has 0 bridgehead atoms. The zero-order chi connectivity index (χ0) is 82.4. The highest BCUT2D eigenvalue weighted by Gasteiger charge is 2.23. The van der Waals surface area contributed by atoms with E-state index in [1.165, 1.54) is 35.3 Å². The molecule has 117 heavy (non-hydrogen) atoms. The number of ether oxygens (including phenoxy) is 4. The molecule has 3 aliphatic heterocycles. The van der Waals surface area contributed by atoms with Gasteiger partial charge in [-0.15, -0.1) is 0 Å². The Bertz CT molecular complexity index is 5360. The lowest BCUT2D eigenvalue weighted by Gasteiger charge is -2.34. The summed E-state index contributed by atoms with van der Waals surface area (Å²) in [5.41, 5.74) is 9.83. The normalized spacial score (nSPS) is 13.8. The number of rotatable bonds is 27. The van der Waals surface area contributed by atoms with Crippen molar-refractivity contribution in [2.75, 3.05) is 160 Å². The molecule has 6 aromatic heterocycles. The van der Waals surface area contributed by atoms with Crippen molar-refractivity contribution < 1.29 is 43.5 Å². The summed E-state index contributed by atoms with van der Waals surface area (Å²) >= 11 is 0. The highest BCUT2D eigenvalue weighted by molar-refractivity contribution is 6.76. The first-order valence-electron chi connectivity index (χ1n) is 38.5. The fourth-order valence-electron chi connectivity index (χ4n) is 12.8. The minimum absolute atomic E-state index is 0.234. The summed E-state index contributed by atoms with van der Waals surface area (Å²) < 4.78 is 28.1. The van der Waals surface area contributed by atoms with Gasteiger partial charge in [0.15, 0.2) is 11.3 Å². The Hall–Kier alpha value is -13.0. The van der Waals surface area contributed by atoms with Gasteiger partial charge in [0.25, 0.3) is 0 Å². The van der Waals surface area contributed by atoms with Crippen molar-refractivity contribution in [1.29, 1.82) is 0 Å². The van der Waals surface area contributed by atoms with E-state index in [4.69, 9.17) is 34.0 Å². The first-order chi connectivity index (χ1) is 56.7. The number of carbonyl (C=O) groups excluding carboxylic acids is 3. The first kappa shape index (κ1) is 83.4. The average Bonchev–Trinajstić information content (AvgIpc) is 1.68. The standard InChI is InChI=1S/C32H41N7O3Si.C27H29N7O3.C26H27N7O2.CH4O/c1-6-29(40)33-25-8-7-9-27(22-25)42-31-28-14-15-39(23-41-20-21-43(3,4)5)30(28)35-32(36-31)34-24-10-12-26(13-11-24)38-18-16-37(2)17-19-38;1-3-24(36)28-20-5-4-6-22(17-20)37-26-23-11-12-34(18-35)25(23)30-27(31-26)29-19-7-9-21(10-8-19)33-15-13-32(2)14-16-33;1-3-23(34)28-19-5-4-6-21(17-19)35-25-22-11-12-27-24(22)30-26(31-25)29-18-7-9-20(10-8-18)33-15-13-32(2)14-16-33;1-2/h6-15,22H,1,16-21,23H2,2-5H3,(H,33,40)(H,34,35,36);3-12,17,35H,1,13-16,18H2,2H3,(H,28,36)(H,29,30,31);3-12,17H,1,13-16H2,2H3,(H,28,34)(H2,27,29,30,31);2H,1H3. The van der Waals surface area contributed by atoms with E-state index >= 15 is 0 Å². The van der Waals surface area contributed by atoms with Crippen molar-refractivity contribution in [2.45, 2.75) is 39.1 Å². The number of amides is 3. The van der Waals surface area contributed by atoms with E-state index in [0.717, 1.165) is 120 Å². The smallest absolute Gasteiger partial charge is 0.247 e. The van der Waals surface area contributed by atoms with Crippen LogP contribution in [0.2, 0.25) is 25.7 Å². The number of aromatic nitrogens is 9. The molecule has 0 saturated carbocycles. The third-order valence-electron chi connectivity index (χ3n) is 19.4. The number of aliphatic hydroxyl groups is 2. The summed E-state index contributed by atoms with van der Waals surface area (Å²) in [4.78, 5) is 80.4. The summed E-state index contributed by atoms with van der Waals surface area (Å²) in [6, 6.07) is 52.7. The number of benzene rings is 6. The molecule has 0 atom stereocenters. The molecule has 3 aliphatic rings. The van der Waals surface area contributed by atoms with Crippen molar-refractivity contribution >= 4 is 128 Å². The van der Waals surface area contributed by atoms with Crippen molar-refractivity contribution in [1.82, 2.24) is 58.7 Å². The Labute approximate surface area is 681 Å². The van der Waals surface area contributed by atoms with Gasteiger partial charge < -0.3 is 105 Å². The number of anilines is 12. The molecule has 9 heterocycles. The number of piperazine rings is 3. The van der Waals surface area contributed by atoms with Crippen molar-refractivity contribution in [3.63, 3.8) is 0 Å². The predicted octanol–water partition coefficient (Wildman–Crippen LogP) is 13.9. The van der Waals surface area contributed by atoms with Crippen LogP contribution in [0.25, 0.3) is 33.1 Å². The van der Waals surface area contributed by atoms with Gasteiger partial charge in [-0.3, -0.25) is 14.4 Å². The third-order valence-corrected chi connectivity index (χ3v) is 21.1. The minimum atomic E-state index is -1.20. The number of carbonyl (C=O) groups is 3. The largest absolute Gasteiger partial charge is 0.438 e. The summed E-state index contributed by atoms with van der Waals surface area (Å²) in [5.74, 6) is 2.94. The number of aromatic amines is 1. The van der Waals surface area contributed by atoms with Gasteiger partial charge in [-0.1, -0.05) is 57.6 Å². The van der Waals surface area contributed by atoms with E-state index in [2.05, 4.69) is 183 Å². The quantitative estimate of drug-likeness (QED) is 0.0131. The second-order valence-electron chi connectivity index (χ2n) is 29.2. The lowest BCUT2D eigenvalue weighted by Crippen LogP contribution is -2.44. The molecule has 0 radical (unpaired) electrons. The molecule has 3 saturated heterocycles. The van der Waals surface area contributed by atoms with Gasteiger partial charge >= 0.3 is 0 Å². The van der Waals surface area contributed by atoms with E-state index in [1.54, 1.807) is 83.7 Å². The van der Waals surface area contributed by atoms with Crippen LogP contribution in [0.5, 0.6) is 34.9 Å². The molecule has 9 N–H and O–H groups in total. The van der Waals surface area contributed by atoms with Crippen LogP contribution in [0.1, 0.15) is 0 Å². The van der Waals surface area contributed by atoms with Crippen molar-refractivity contribution in [2.24, 2.45) is 0 Å². The van der Waals surface area contributed by atoms with Crippen LogP contribution >= 0.6 is 0 Å².